The molecule has 0 spiro atoms. The van der Waals surface area contributed by atoms with Crippen molar-refractivity contribution in [3.63, 3.8) is 0 Å². The fourth-order valence-electron chi connectivity index (χ4n) is 1.29. The van der Waals surface area contributed by atoms with E-state index in [1.54, 1.807) is 0 Å². The maximum atomic E-state index is 11.5. The Morgan fingerprint density at radius 2 is 2.12 bits per heavy atom. The summed E-state index contributed by atoms with van der Waals surface area (Å²) in [6.07, 6.45) is 0.193. The summed E-state index contributed by atoms with van der Waals surface area (Å²) < 4.78 is 0. The van der Waals surface area contributed by atoms with Gasteiger partial charge in [0.05, 0.1) is 0 Å². The molecule has 0 aliphatic carbocycles. The number of carboxylic acid groups (broad SMARTS) is 1. The Hall–Kier alpha value is -2.05. The number of hydrogen-bond acceptors (Lipinski definition) is 4. The first-order chi connectivity index (χ1) is 7.43. The Kier molecular flexibility index (Phi) is 3.49. The van der Waals surface area contributed by atoms with E-state index in [9.17, 15) is 19.5 Å². The van der Waals surface area contributed by atoms with Gasteiger partial charge in [0, 0.05) is 20.0 Å². The van der Waals surface area contributed by atoms with Crippen LogP contribution in [0.25, 0.3) is 0 Å². The molecule has 1 aliphatic rings. The lowest BCUT2D eigenvalue weighted by atomic mass is 10.1. The largest absolute Gasteiger partial charge is 0.511 e. The summed E-state index contributed by atoms with van der Waals surface area (Å²) in [4.78, 5) is 34.5. The van der Waals surface area contributed by atoms with Crippen LogP contribution in [0.4, 0.5) is 0 Å². The fourth-order valence-corrected chi connectivity index (χ4v) is 1.29. The number of likely N-dealkylation sites (N-methyl/N-ethyl adjacent to an activating group) is 1. The molecule has 0 unspecified atom stereocenters. The van der Waals surface area contributed by atoms with Gasteiger partial charge in [-0.2, -0.15) is 0 Å². The van der Waals surface area contributed by atoms with Crippen LogP contribution >= 0.6 is 0 Å². The molecule has 0 saturated heterocycles. The second-order valence-corrected chi connectivity index (χ2v) is 3.37. The lowest BCUT2D eigenvalue weighted by Gasteiger charge is -2.23. The molecular weight excluding hydrogens is 216 g/mol. The van der Waals surface area contributed by atoms with Gasteiger partial charge in [0.15, 0.2) is 0 Å². The predicted octanol–water partition coefficient (Wildman–Crippen LogP) is -1.14. The Labute approximate surface area is 91.3 Å². The smallest absolute Gasteiger partial charge is 0.322 e. The van der Waals surface area contributed by atoms with E-state index < -0.39 is 24.3 Å². The maximum absolute atomic E-state index is 11.5. The van der Waals surface area contributed by atoms with Gasteiger partial charge in [-0.3, -0.25) is 14.4 Å². The summed E-state index contributed by atoms with van der Waals surface area (Å²) in [6.45, 7) is -0.257. The van der Waals surface area contributed by atoms with E-state index in [4.69, 9.17) is 5.11 Å². The number of hydrogen-bond donors (Lipinski definition) is 3. The molecular formula is C9H12N2O5. The van der Waals surface area contributed by atoms with Crippen LogP contribution < -0.4 is 5.32 Å². The minimum Gasteiger partial charge on any atom is -0.511 e. The number of carboxylic acids is 1. The zero-order chi connectivity index (χ0) is 12.3. The van der Waals surface area contributed by atoms with Crippen LogP contribution in [0.15, 0.2) is 11.3 Å². The number of nitrogens with one attached hydrogen (secondary N) is 1. The Morgan fingerprint density at radius 3 is 2.69 bits per heavy atom. The van der Waals surface area contributed by atoms with Gasteiger partial charge in [0.2, 0.25) is 0 Å². The van der Waals surface area contributed by atoms with Gasteiger partial charge < -0.3 is 20.4 Å². The highest BCUT2D eigenvalue weighted by Gasteiger charge is 2.30. The summed E-state index contributed by atoms with van der Waals surface area (Å²) in [5, 5.41) is 19.8. The molecule has 0 aromatic heterocycles. The molecule has 1 aliphatic heterocycles. The van der Waals surface area contributed by atoms with Crippen molar-refractivity contribution < 1.29 is 24.6 Å². The minimum absolute atomic E-state index is 0.193. The topological polar surface area (TPSA) is 107 Å². The van der Waals surface area contributed by atoms with Crippen molar-refractivity contribution in [3.8, 4) is 0 Å². The second-order valence-electron chi connectivity index (χ2n) is 3.37. The molecule has 88 valence electrons. The van der Waals surface area contributed by atoms with E-state index in [0.717, 1.165) is 0 Å². The van der Waals surface area contributed by atoms with Crippen molar-refractivity contribution >= 4 is 17.8 Å². The van der Waals surface area contributed by atoms with Gasteiger partial charge in [0.25, 0.3) is 11.8 Å². The molecule has 0 aromatic rings. The van der Waals surface area contributed by atoms with Crippen LogP contribution in [0, 0.1) is 0 Å². The monoisotopic (exact) mass is 228 g/mol. The van der Waals surface area contributed by atoms with Gasteiger partial charge in [-0.1, -0.05) is 0 Å². The molecule has 0 aromatic carbocycles. The Morgan fingerprint density at radius 1 is 1.50 bits per heavy atom. The molecule has 2 amide bonds. The number of amides is 2. The van der Waals surface area contributed by atoms with Gasteiger partial charge >= 0.3 is 5.97 Å². The van der Waals surface area contributed by atoms with Gasteiger partial charge in [-0.25, -0.2) is 0 Å². The zero-order valence-corrected chi connectivity index (χ0v) is 8.69. The summed E-state index contributed by atoms with van der Waals surface area (Å²) in [5.41, 5.74) is -0.380. The third-order valence-corrected chi connectivity index (χ3v) is 2.16. The third-order valence-electron chi connectivity index (χ3n) is 2.16. The van der Waals surface area contributed by atoms with Crippen LogP contribution in [0.5, 0.6) is 0 Å². The van der Waals surface area contributed by atoms with Crippen LogP contribution in [0.3, 0.4) is 0 Å². The average Bonchev–Trinajstić information content (AvgIpc) is 2.21. The first-order valence-corrected chi connectivity index (χ1v) is 4.61. The zero-order valence-electron chi connectivity index (χ0n) is 8.69. The summed E-state index contributed by atoms with van der Waals surface area (Å²) in [7, 11) is 1.50. The van der Waals surface area contributed by atoms with Gasteiger partial charge in [0.1, 0.15) is 17.9 Å². The van der Waals surface area contributed by atoms with E-state index in [2.05, 4.69) is 0 Å². The fraction of sp³-hybridized carbons (Fsp3) is 0.444. The molecule has 0 bridgehead atoms. The molecule has 1 rings (SSSR count). The SMILES string of the molecule is CN1CCC(O)=C(C(=O)NCC(=O)O)C1=O. The van der Waals surface area contributed by atoms with Gasteiger partial charge in [-0.15, -0.1) is 0 Å². The van der Waals surface area contributed by atoms with E-state index in [0.29, 0.717) is 6.54 Å². The lowest BCUT2D eigenvalue weighted by molar-refractivity contribution is -0.138. The Balaban J connectivity index is 2.80. The van der Waals surface area contributed by atoms with Crippen molar-refractivity contribution in [2.45, 2.75) is 6.42 Å². The van der Waals surface area contributed by atoms with Gasteiger partial charge in [-0.05, 0) is 0 Å². The summed E-state index contributed by atoms with van der Waals surface area (Å²) in [6, 6.07) is 0. The molecule has 3 N–H and O–H groups in total. The Bertz CT molecular complexity index is 374. The van der Waals surface area contributed by atoms with Crippen LogP contribution in [0.2, 0.25) is 0 Å². The van der Waals surface area contributed by atoms with Crippen molar-refractivity contribution in [2.75, 3.05) is 20.1 Å². The van der Waals surface area contributed by atoms with E-state index >= 15 is 0 Å². The van der Waals surface area contributed by atoms with Crippen molar-refractivity contribution in [3.05, 3.63) is 11.3 Å². The number of nitrogens with zero attached hydrogens (tertiary/aromatic N) is 1. The molecule has 7 nitrogen and oxygen atoms in total. The van der Waals surface area contributed by atoms with E-state index in [1.807, 2.05) is 5.32 Å². The van der Waals surface area contributed by atoms with Crippen molar-refractivity contribution in [2.24, 2.45) is 0 Å². The molecule has 0 saturated carbocycles. The first-order valence-electron chi connectivity index (χ1n) is 4.61. The first kappa shape index (κ1) is 12.0. The number of rotatable bonds is 3. The molecule has 0 radical (unpaired) electrons. The van der Waals surface area contributed by atoms with Crippen LogP contribution in [-0.2, 0) is 14.4 Å². The summed E-state index contributed by atoms with van der Waals surface area (Å²) in [5.74, 6) is -2.99. The molecule has 7 heteroatoms. The molecule has 0 fully saturated rings. The second kappa shape index (κ2) is 4.65. The average molecular weight is 228 g/mol. The van der Waals surface area contributed by atoms with E-state index in [1.165, 1.54) is 11.9 Å². The number of aliphatic hydroxyl groups is 1. The highest BCUT2D eigenvalue weighted by atomic mass is 16.4. The van der Waals surface area contributed by atoms with Crippen LogP contribution in [0.1, 0.15) is 6.42 Å². The lowest BCUT2D eigenvalue weighted by Crippen LogP contribution is -2.41. The number of carbonyl (C=O) groups excluding carboxylic acids is 2. The van der Waals surface area contributed by atoms with E-state index in [-0.39, 0.29) is 17.8 Å². The number of carbonyl (C=O) groups is 3. The standard InChI is InChI=1S/C9H12N2O5/c1-11-3-2-5(12)7(9(11)16)8(15)10-4-6(13)14/h12H,2-4H2,1H3,(H,10,15)(H,13,14). The molecule has 0 atom stereocenters. The highest BCUT2D eigenvalue weighted by Crippen LogP contribution is 2.15. The highest BCUT2D eigenvalue weighted by molar-refractivity contribution is 6.19. The van der Waals surface area contributed by atoms with Crippen molar-refractivity contribution in [1.29, 1.82) is 0 Å². The normalized spacial score (nSPS) is 16.3. The quantitative estimate of drug-likeness (QED) is 0.529. The summed E-state index contributed by atoms with van der Waals surface area (Å²) >= 11 is 0. The number of aliphatic hydroxyl groups excluding tert-OH is 1. The maximum Gasteiger partial charge on any atom is 0.322 e. The molecule has 1 heterocycles. The third kappa shape index (κ3) is 2.50. The predicted molar refractivity (Wildman–Crippen MR) is 52.6 cm³/mol. The van der Waals surface area contributed by atoms with Crippen molar-refractivity contribution in [1.82, 2.24) is 10.2 Å². The molecule has 16 heavy (non-hydrogen) atoms. The minimum atomic E-state index is -1.22. The van der Waals surface area contributed by atoms with Crippen LogP contribution in [-0.4, -0.2) is 53.0 Å². The number of aliphatic carboxylic acids is 1.